The van der Waals surface area contributed by atoms with Gasteiger partial charge in [-0.1, -0.05) is 40.5 Å². The molecule has 0 aliphatic heterocycles. The topological polar surface area (TPSA) is 96.2 Å². The van der Waals surface area contributed by atoms with Gasteiger partial charge in [0.25, 0.3) is 0 Å². The first-order valence-corrected chi connectivity index (χ1v) is 16.1. The first-order chi connectivity index (χ1) is 18.3. The van der Waals surface area contributed by atoms with E-state index in [-0.39, 0.29) is 52.9 Å². The SMILES string of the molecule is CCC(OCCO)OC1CCC23CC24CCC2(C)C(CCCCC(C)(C)O)C(O)C(=O)C2C4CCC3C1(C)C. The van der Waals surface area contributed by atoms with Crippen LogP contribution in [-0.4, -0.2) is 58.4 Å². The Kier molecular flexibility index (Phi) is 7.93. The average molecular weight is 549 g/mol. The summed E-state index contributed by atoms with van der Waals surface area (Å²) in [6.45, 7) is 13.2. The molecule has 0 aromatic rings. The summed E-state index contributed by atoms with van der Waals surface area (Å²) in [5.74, 6) is 1.17. The normalized spacial score (nSPS) is 45.2. The van der Waals surface area contributed by atoms with E-state index in [4.69, 9.17) is 9.47 Å². The van der Waals surface area contributed by atoms with Gasteiger partial charge in [0.2, 0.25) is 0 Å². The number of unbranched alkanes of at least 4 members (excludes halogenated alkanes) is 1. The standard InChI is InChI=1S/C33H56O6/c1-7-25(38-19-18-34)39-24-13-15-33-20-32(33)17-16-31(6)22(10-8-9-14-29(2,3)37)27(35)28(36)26(31)21(32)11-12-23(33)30(24,4)5/h21-27,34-35,37H,7-20H2,1-6H3. The van der Waals surface area contributed by atoms with Crippen molar-refractivity contribution < 1.29 is 29.6 Å². The summed E-state index contributed by atoms with van der Waals surface area (Å²) in [6.07, 6.45) is 11.3. The molecule has 0 radical (unpaired) electrons. The first kappa shape index (κ1) is 29.9. The molecule has 0 aromatic heterocycles. The molecule has 0 heterocycles. The van der Waals surface area contributed by atoms with Gasteiger partial charge in [-0.25, -0.2) is 0 Å². The van der Waals surface area contributed by atoms with Crippen LogP contribution in [-0.2, 0) is 14.3 Å². The van der Waals surface area contributed by atoms with E-state index in [9.17, 15) is 20.1 Å². The van der Waals surface area contributed by atoms with Crippen LogP contribution < -0.4 is 0 Å². The van der Waals surface area contributed by atoms with Crippen LogP contribution in [0.4, 0.5) is 0 Å². The smallest absolute Gasteiger partial charge is 0.165 e. The molecule has 5 rings (SSSR count). The minimum atomic E-state index is -0.824. The number of carbonyl (C=O) groups is 1. The zero-order valence-electron chi connectivity index (χ0n) is 25.5. The molecule has 5 aliphatic carbocycles. The molecule has 0 amide bonds. The Morgan fingerprint density at radius 2 is 1.79 bits per heavy atom. The van der Waals surface area contributed by atoms with Crippen molar-refractivity contribution >= 4 is 5.78 Å². The van der Waals surface area contributed by atoms with Gasteiger partial charge in [-0.2, -0.15) is 0 Å². The minimum absolute atomic E-state index is 0.00528. The third-order valence-corrected chi connectivity index (χ3v) is 12.9. The third kappa shape index (κ3) is 4.67. The van der Waals surface area contributed by atoms with E-state index in [2.05, 4.69) is 27.7 Å². The largest absolute Gasteiger partial charge is 0.394 e. The van der Waals surface area contributed by atoms with Gasteiger partial charge >= 0.3 is 0 Å². The Labute approximate surface area is 236 Å². The van der Waals surface area contributed by atoms with Gasteiger partial charge in [-0.05, 0) is 117 Å². The highest BCUT2D eigenvalue weighted by molar-refractivity contribution is 5.89. The van der Waals surface area contributed by atoms with Gasteiger partial charge in [0.05, 0.1) is 24.9 Å². The van der Waals surface area contributed by atoms with E-state index in [1.807, 2.05) is 13.8 Å². The van der Waals surface area contributed by atoms with Crippen molar-refractivity contribution in [3.05, 3.63) is 0 Å². The van der Waals surface area contributed by atoms with Gasteiger partial charge < -0.3 is 24.8 Å². The molecule has 6 heteroatoms. The summed E-state index contributed by atoms with van der Waals surface area (Å²) in [5, 5.41) is 30.6. The number of fused-ring (bicyclic) bond motifs is 2. The number of rotatable bonds is 11. The van der Waals surface area contributed by atoms with E-state index < -0.39 is 11.7 Å². The first-order valence-electron chi connectivity index (χ1n) is 16.1. The molecular weight excluding hydrogens is 492 g/mol. The molecule has 5 saturated carbocycles. The number of aliphatic hydroxyl groups excluding tert-OH is 2. The number of aliphatic hydroxyl groups is 3. The van der Waals surface area contributed by atoms with Crippen LogP contribution in [0, 0.1) is 45.3 Å². The maximum atomic E-state index is 13.8. The van der Waals surface area contributed by atoms with Crippen LogP contribution in [0.2, 0.25) is 0 Å². The van der Waals surface area contributed by atoms with E-state index in [0.29, 0.717) is 23.9 Å². The van der Waals surface area contributed by atoms with Crippen molar-refractivity contribution in [1.29, 1.82) is 0 Å². The maximum absolute atomic E-state index is 13.8. The van der Waals surface area contributed by atoms with Crippen molar-refractivity contribution in [2.24, 2.45) is 45.3 Å². The van der Waals surface area contributed by atoms with Crippen molar-refractivity contribution in [3.8, 4) is 0 Å². The fourth-order valence-corrected chi connectivity index (χ4v) is 11.0. The molecule has 0 aromatic carbocycles. The Morgan fingerprint density at radius 3 is 2.46 bits per heavy atom. The predicted molar refractivity (Wildman–Crippen MR) is 151 cm³/mol. The van der Waals surface area contributed by atoms with Gasteiger partial charge in [-0.15, -0.1) is 0 Å². The van der Waals surface area contributed by atoms with Gasteiger partial charge in [0.1, 0.15) is 6.10 Å². The second kappa shape index (κ2) is 10.3. The summed E-state index contributed by atoms with van der Waals surface area (Å²) in [5.41, 5.74) is -0.165. The monoisotopic (exact) mass is 548 g/mol. The van der Waals surface area contributed by atoms with Crippen molar-refractivity contribution in [1.82, 2.24) is 0 Å². The zero-order chi connectivity index (χ0) is 28.4. The quantitative estimate of drug-likeness (QED) is 0.228. The van der Waals surface area contributed by atoms with Crippen molar-refractivity contribution in [3.63, 3.8) is 0 Å². The molecular formula is C33H56O6. The molecule has 2 spiro atoms. The molecule has 5 fully saturated rings. The highest BCUT2D eigenvalue weighted by Crippen LogP contribution is 2.86. The predicted octanol–water partition coefficient (Wildman–Crippen LogP) is 5.65. The van der Waals surface area contributed by atoms with Crippen LogP contribution in [0.5, 0.6) is 0 Å². The van der Waals surface area contributed by atoms with E-state index in [1.54, 1.807) is 0 Å². The summed E-state index contributed by atoms with van der Waals surface area (Å²) in [4.78, 5) is 13.8. The van der Waals surface area contributed by atoms with Gasteiger partial charge in [0.15, 0.2) is 12.1 Å². The molecule has 224 valence electrons. The molecule has 3 N–H and O–H groups in total. The number of ether oxygens (including phenoxy) is 2. The van der Waals surface area contributed by atoms with Gasteiger partial charge in [-0.3, -0.25) is 4.79 Å². The second-order valence-corrected chi connectivity index (χ2v) is 15.6. The maximum Gasteiger partial charge on any atom is 0.165 e. The van der Waals surface area contributed by atoms with Crippen LogP contribution in [0.3, 0.4) is 0 Å². The van der Waals surface area contributed by atoms with Crippen LogP contribution >= 0.6 is 0 Å². The lowest BCUT2D eigenvalue weighted by Crippen LogP contribution is -2.55. The van der Waals surface area contributed by atoms with Crippen molar-refractivity contribution in [2.75, 3.05) is 13.2 Å². The number of hydrogen-bond donors (Lipinski definition) is 3. The lowest BCUT2D eigenvalue weighted by Gasteiger charge is -2.59. The summed E-state index contributed by atoms with van der Waals surface area (Å²) in [7, 11) is 0. The number of hydrogen-bond acceptors (Lipinski definition) is 6. The minimum Gasteiger partial charge on any atom is -0.394 e. The highest BCUT2D eigenvalue weighted by atomic mass is 16.7. The molecule has 6 nitrogen and oxygen atoms in total. The molecule has 0 bridgehead atoms. The molecule has 10 unspecified atom stereocenters. The molecule has 10 atom stereocenters. The van der Waals surface area contributed by atoms with Crippen LogP contribution in [0.1, 0.15) is 119 Å². The molecule has 5 aliphatic rings. The summed E-state index contributed by atoms with van der Waals surface area (Å²) in [6, 6.07) is 0. The lowest BCUT2D eigenvalue weighted by molar-refractivity contribution is -0.229. The number of carbonyl (C=O) groups excluding carboxylic acids is 1. The Hall–Kier alpha value is -0.530. The van der Waals surface area contributed by atoms with Gasteiger partial charge in [0, 0.05) is 5.92 Å². The summed E-state index contributed by atoms with van der Waals surface area (Å²) >= 11 is 0. The van der Waals surface area contributed by atoms with Crippen LogP contribution in [0.25, 0.3) is 0 Å². The zero-order valence-corrected chi connectivity index (χ0v) is 25.5. The second-order valence-electron chi connectivity index (χ2n) is 15.6. The highest BCUT2D eigenvalue weighted by Gasteiger charge is 2.81. The molecule has 0 saturated heterocycles. The third-order valence-electron chi connectivity index (χ3n) is 12.9. The number of ketones is 1. The Bertz CT molecular complexity index is 910. The van der Waals surface area contributed by atoms with Crippen molar-refractivity contribution in [2.45, 2.75) is 143 Å². The summed E-state index contributed by atoms with van der Waals surface area (Å²) < 4.78 is 12.4. The fraction of sp³-hybridized carbons (Fsp3) is 0.970. The Morgan fingerprint density at radius 1 is 1.05 bits per heavy atom. The van der Waals surface area contributed by atoms with E-state index in [0.717, 1.165) is 57.8 Å². The fourth-order valence-electron chi connectivity index (χ4n) is 11.0. The lowest BCUT2D eigenvalue weighted by atomic mass is 9.46. The van der Waals surface area contributed by atoms with Crippen LogP contribution in [0.15, 0.2) is 0 Å². The molecule has 39 heavy (non-hydrogen) atoms. The number of Topliss-reactive ketones (excluding diaryl/α,β-unsaturated/α-hetero) is 1. The Balaban J connectivity index is 1.31. The van der Waals surface area contributed by atoms with E-state index in [1.165, 1.54) is 19.3 Å². The average Bonchev–Trinajstić information content (AvgIpc) is 3.49. The van der Waals surface area contributed by atoms with E-state index >= 15 is 0 Å².